The standard InChI is InChI=1S/C10H8ClNO/c11-10(13)9-3-1-2-7-6-12-5-4-8(7)9/h1-6,10,13H. The van der Waals surface area contributed by atoms with Crippen LogP contribution < -0.4 is 0 Å². The number of aromatic nitrogens is 1. The number of hydrogen-bond donors (Lipinski definition) is 1. The summed E-state index contributed by atoms with van der Waals surface area (Å²) in [5.74, 6) is 0. The molecule has 0 fully saturated rings. The number of halogens is 1. The molecule has 1 heterocycles. The zero-order chi connectivity index (χ0) is 9.26. The molecule has 3 heteroatoms. The lowest BCUT2D eigenvalue weighted by atomic mass is 10.1. The van der Waals surface area contributed by atoms with E-state index in [-0.39, 0.29) is 0 Å². The Bertz CT molecular complexity index is 423. The van der Waals surface area contributed by atoms with Crippen LogP contribution in [0.25, 0.3) is 10.8 Å². The summed E-state index contributed by atoms with van der Waals surface area (Å²) in [7, 11) is 0. The van der Waals surface area contributed by atoms with Crippen molar-refractivity contribution in [1.29, 1.82) is 0 Å². The van der Waals surface area contributed by atoms with Crippen molar-refractivity contribution in [3.05, 3.63) is 42.2 Å². The van der Waals surface area contributed by atoms with Crippen LogP contribution in [0.2, 0.25) is 0 Å². The Morgan fingerprint density at radius 3 is 2.92 bits per heavy atom. The topological polar surface area (TPSA) is 33.1 Å². The van der Waals surface area contributed by atoms with Gasteiger partial charge in [-0.2, -0.15) is 0 Å². The van der Waals surface area contributed by atoms with Crippen molar-refractivity contribution in [3.8, 4) is 0 Å². The van der Waals surface area contributed by atoms with Crippen LogP contribution in [-0.2, 0) is 0 Å². The van der Waals surface area contributed by atoms with Crippen molar-refractivity contribution in [2.75, 3.05) is 0 Å². The second-order valence-corrected chi connectivity index (χ2v) is 3.19. The van der Waals surface area contributed by atoms with E-state index in [2.05, 4.69) is 4.98 Å². The van der Waals surface area contributed by atoms with E-state index in [4.69, 9.17) is 11.6 Å². The largest absolute Gasteiger partial charge is 0.373 e. The zero-order valence-electron chi connectivity index (χ0n) is 6.81. The highest BCUT2D eigenvalue weighted by Gasteiger charge is 2.06. The highest BCUT2D eigenvalue weighted by molar-refractivity contribution is 6.20. The second kappa shape index (κ2) is 3.32. The number of rotatable bonds is 1. The number of pyridine rings is 1. The first-order chi connectivity index (χ1) is 6.29. The van der Waals surface area contributed by atoms with Crippen molar-refractivity contribution in [1.82, 2.24) is 4.98 Å². The van der Waals surface area contributed by atoms with E-state index in [1.807, 2.05) is 18.2 Å². The van der Waals surface area contributed by atoms with Gasteiger partial charge in [0.1, 0.15) is 0 Å². The Morgan fingerprint density at radius 2 is 2.15 bits per heavy atom. The third-order valence-electron chi connectivity index (χ3n) is 1.97. The van der Waals surface area contributed by atoms with E-state index in [0.717, 1.165) is 16.3 Å². The Morgan fingerprint density at radius 1 is 1.31 bits per heavy atom. The molecule has 1 aromatic carbocycles. The van der Waals surface area contributed by atoms with E-state index in [1.165, 1.54) is 0 Å². The number of nitrogens with zero attached hydrogens (tertiary/aromatic N) is 1. The first-order valence-electron chi connectivity index (χ1n) is 3.94. The molecule has 1 unspecified atom stereocenters. The summed E-state index contributed by atoms with van der Waals surface area (Å²) in [5, 5.41) is 11.2. The lowest BCUT2D eigenvalue weighted by Gasteiger charge is -2.06. The van der Waals surface area contributed by atoms with Crippen molar-refractivity contribution in [3.63, 3.8) is 0 Å². The molecular formula is C10H8ClNO. The van der Waals surface area contributed by atoms with Crippen LogP contribution in [0.1, 0.15) is 11.1 Å². The number of benzene rings is 1. The van der Waals surface area contributed by atoms with Crippen LogP contribution in [-0.4, -0.2) is 10.1 Å². The molecule has 0 bridgehead atoms. The molecule has 66 valence electrons. The molecule has 1 N–H and O–H groups in total. The van der Waals surface area contributed by atoms with E-state index in [1.54, 1.807) is 18.5 Å². The van der Waals surface area contributed by atoms with Crippen LogP contribution >= 0.6 is 11.6 Å². The summed E-state index contributed by atoms with van der Waals surface area (Å²) in [6, 6.07) is 7.44. The first kappa shape index (κ1) is 8.48. The molecule has 2 aromatic rings. The molecule has 0 aliphatic heterocycles. The molecule has 0 saturated carbocycles. The quantitative estimate of drug-likeness (QED) is 0.706. The van der Waals surface area contributed by atoms with Crippen molar-refractivity contribution < 1.29 is 5.11 Å². The van der Waals surface area contributed by atoms with Gasteiger partial charge in [0.15, 0.2) is 5.56 Å². The highest BCUT2D eigenvalue weighted by Crippen LogP contribution is 2.25. The maximum Gasteiger partial charge on any atom is 0.154 e. The average molecular weight is 194 g/mol. The third kappa shape index (κ3) is 1.50. The predicted molar refractivity (Wildman–Crippen MR) is 52.6 cm³/mol. The smallest absolute Gasteiger partial charge is 0.154 e. The molecule has 13 heavy (non-hydrogen) atoms. The Balaban J connectivity index is 2.76. The summed E-state index contributed by atoms with van der Waals surface area (Å²) in [6.07, 6.45) is 3.43. The summed E-state index contributed by atoms with van der Waals surface area (Å²) in [5.41, 5.74) is -0.229. The van der Waals surface area contributed by atoms with E-state index in [0.29, 0.717) is 0 Å². The van der Waals surface area contributed by atoms with Crippen molar-refractivity contribution in [2.24, 2.45) is 0 Å². The van der Waals surface area contributed by atoms with Gasteiger partial charge >= 0.3 is 0 Å². The van der Waals surface area contributed by atoms with Crippen LogP contribution in [0.5, 0.6) is 0 Å². The monoisotopic (exact) mass is 193 g/mol. The second-order valence-electron chi connectivity index (χ2n) is 2.78. The Hall–Kier alpha value is -1.12. The van der Waals surface area contributed by atoms with Crippen molar-refractivity contribution >= 4 is 22.4 Å². The third-order valence-corrected chi connectivity index (χ3v) is 2.21. The van der Waals surface area contributed by atoms with Crippen LogP contribution in [0, 0.1) is 0 Å². The van der Waals surface area contributed by atoms with E-state index < -0.39 is 5.56 Å². The van der Waals surface area contributed by atoms with Crippen LogP contribution in [0.4, 0.5) is 0 Å². The summed E-state index contributed by atoms with van der Waals surface area (Å²) in [4.78, 5) is 3.99. The molecule has 2 nitrogen and oxygen atoms in total. The fourth-order valence-electron chi connectivity index (χ4n) is 1.36. The molecule has 0 amide bonds. The Labute approximate surface area is 80.8 Å². The van der Waals surface area contributed by atoms with E-state index in [9.17, 15) is 5.11 Å². The van der Waals surface area contributed by atoms with Gasteiger partial charge in [0, 0.05) is 23.3 Å². The minimum atomic E-state index is -0.953. The van der Waals surface area contributed by atoms with E-state index >= 15 is 0 Å². The molecule has 0 aliphatic carbocycles. The van der Waals surface area contributed by atoms with Gasteiger partial charge in [0.05, 0.1) is 0 Å². The summed E-state index contributed by atoms with van der Waals surface area (Å²) in [6.45, 7) is 0. The normalized spacial score (nSPS) is 13.1. The molecule has 1 atom stereocenters. The fourth-order valence-corrected chi connectivity index (χ4v) is 1.55. The molecule has 0 spiro atoms. The van der Waals surface area contributed by atoms with Gasteiger partial charge in [-0.3, -0.25) is 4.98 Å². The maximum absolute atomic E-state index is 9.27. The SMILES string of the molecule is OC(Cl)c1cccc2cnccc12. The summed E-state index contributed by atoms with van der Waals surface area (Å²) < 4.78 is 0. The maximum atomic E-state index is 9.27. The molecular weight excluding hydrogens is 186 g/mol. The molecule has 0 radical (unpaired) electrons. The minimum absolute atomic E-state index is 0.724. The van der Waals surface area contributed by atoms with Gasteiger partial charge in [-0.25, -0.2) is 0 Å². The number of hydrogen-bond acceptors (Lipinski definition) is 2. The molecule has 0 saturated heterocycles. The van der Waals surface area contributed by atoms with Crippen LogP contribution in [0.15, 0.2) is 36.7 Å². The minimum Gasteiger partial charge on any atom is -0.373 e. The number of aliphatic hydroxyl groups is 1. The van der Waals surface area contributed by atoms with Gasteiger partial charge in [-0.15, -0.1) is 0 Å². The summed E-state index contributed by atoms with van der Waals surface area (Å²) >= 11 is 5.62. The van der Waals surface area contributed by atoms with Gasteiger partial charge in [0.2, 0.25) is 0 Å². The van der Waals surface area contributed by atoms with Gasteiger partial charge in [-0.1, -0.05) is 29.8 Å². The number of aliphatic hydroxyl groups excluding tert-OH is 1. The first-order valence-corrected chi connectivity index (χ1v) is 4.37. The molecule has 0 aliphatic rings. The number of alkyl halides is 1. The Kier molecular flexibility index (Phi) is 2.17. The lowest BCUT2D eigenvalue weighted by molar-refractivity contribution is 0.264. The fraction of sp³-hybridized carbons (Fsp3) is 0.100. The predicted octanol–water partition coefficient (Wildman–Crippen LogP) is 2.46. The average Bonchev–Trinajstić information content (AvgIpc) is 2.17. The van der Waals surface area contributed by atoms with Gasteiger partial charge in [0.25, 0.3) is 0 Å². The highest BCUT2D eigenvalue weighted by atomic mass is 35.5. The molecule has 2 rings (SSSR count). The molecule has 1 aromatic heterocycles. The zero-order valence-corrected chi connectivity index (χ0v) is 7.57. The van der Waals surface area contributed by atoms with Gasteiger partial charge < -0.3 is 5.11 Å². The van der Waals surface area contributed by atoms with Crippen molar-refractivity contribution in [2.45, 2.75) is 5.56 Å². The lowest BCUT2D eigenvalue weighted by Crippen LogP contribution is -1.89. The number of fused-ring (bicyclic) bond motifs is 1. The van der Waals surface area contributed by atoms with Gasteiger partial charge in [-0.05, 0) is 11.5 Å². The van der Waals surface area contributed by atoms with Crippen LogP contribution in [0.3, 0.4) is 0 Å².